The molecule has 5 N–H and O–H groups in total. The molecule has 0 aromatic carbocycles. The van der Waals surface area contributed by atoms with E-state index in [0.717, 1.165) is 125 Å². The number of fused-ring (bicyclic) bond motifs is 5. The van der Waals surface area contributed by atoms with Crippen LogP contribution >= 0.6 is 21.6 Å². The summed E-state index contributed by atoms with van der Waals surface area (Å²) in [5.74, 6) is 7.43. The molecule has 0 saturated heterocycles. The van der Waals surface area contributed by atoms with Gasteiger partial charge in [0.05, 0.1) is 0 Å². The van der Waals surface area contributed by atoms with Crippen molar-refractivity contribution < 1.29 is 4.79 Å². The molecule has 4 aliphatic rings. The molecule has 3 fully saturated rings. The van der Waals surface area contributed by atoms with E-state index in [1.54, 1.807) is 5.57 Å². The molecule has 0 bridgehead atoms. The van der Waals surface area contributed by atoms with Gasteiger partial charge in [0.15, 0.2) is 0 Å². The molecule has 0 aromatic rings. The highest BCUT2D eigenvalue weighted by Crippen LogP contribution is 2.68. The standard InChI is InChI=1S/C50H94N4OS2/c1-11-39(37(6)7)19-18-38(8)43-22-23-44-42-21-20-40-36-41(24-27-47(40,9)45(42)25-28-48(43,44)10)57-56-35-26-46(55)54(34-30-50(52,14-4)15-5)33-17-16-31-53-32-29-49(51,12-2)13-3/h20,37-39,41-45,53H,11-19,21-36,51-52H2,1-10H3. The molecular formula is C50H94N4OS2. The summed E-state index contributed by atoms with van der Waals surface area (Å²) >= 11 is 0. The summed E-state index contributed by atoms with van der Waals surface area (Å²) in [6.07, 6.45) is 26.7. The minimum Gasteiger partial charge on any atom is -0.343 e. The third-order valence-corrected chi connectivity index (χ3v) is 20.7. The van der Waals surface area contributed by atoms with Gasteiger partial charge in [-0.15, -0.1) is 0 Å². The number of amides is 1. The van der Waals surface area contributed by atoms with Gasteiger partial charge < -0.3 is 21.7 Å². The molecule has 57 heavy (non-hydrogen) atoms. The largest absolute Gasteiger partial charge is 0.343 e. The van der Waals surface area contributed by atoms with Gasteiger partial charge in [-0.2, -0.15) is 0 Å². The van der Waals surface area contributed by atoms with Gasteiger partial charge in [-0.3, -0.25) is 4.79 Å². The highest BCUT2D eigenvalue weighted by Gasteiger charge is 2.59. The first-order valence-corrected chi connectivity index (χ1v) is 27.0. The highest BCUT2D eigenvalue weighted by atomic mass is 33.1. The van der Waals surface area contributed by atoms with Crippen molar-refractivity contribution in [1.82, 2.24) is 10.2 Å². The van der Waals surface area contributed by atoms with Gasteiger partial charge in [0.1, 0.15) is 0 Å². The maximum atomic E-state index is 13.7. The third-order valence-electron chi connectivity index (χ3n) is 17.8. The lowest BCUT2D eigenvalue weighted by molar-refractivity contribution is -0.131. The molecule has 332 valence electrons. The first kappa shape index (κ1) is 49.4. The van der Waals surface area contributed by atoms with Crippen molar-refractivity contribution in [3.8, 4) is 0 Å². The quantitative estimate of drug-likeness (QED) is 0.0457. The number of hydrogen-bond acceptors (Lipinski definition) is 6. The Labute approximate surface area is 362 Å². The van der Waals surface area contributed by atoms with Crippen LogP contribution in [0.3, 0.4) is 0 Å². The number of carbonyl (C=O) groups excluding carboxylic acids is 1. The molecule has 0 spiro atoms. The minimum atomic E-state index is -0.178. The number of unbranched alkanes of at least 4 members (excludes halogenated alkanes) is 1. The number of nitrogens with zero attached hydrogens (tertiary/aromatic N) is 1. The van der Waals surface area contributed by atoms with Crippen molar-refractivity contribution in [2.24, 2.45) is 63.7 Å². The van der Waals surface area contributed by atoms with E-state index >= 15 is 0 Å². The lowest BCUT2D eigenvalue weighted by Gasteiger charge is -2.58. The van der Waals surface area contributed by atoms with E-state index in [4.69, 9.17) is 11.5 Å². The van der Waals surface area contributed by atoms with Crippen LogP contribution in [0.15, 0.2) is 11.6 Å². The second-order valence-corrected chi connectivity index (χ2v) is 23.8. The average Bonchev–Trinajstić information content (AvgIpc) is 3.57. The topological polar surface area (TPSA) is 84.4 Å². The van der Waals surface area contributed by atoms with E-state index in [2.05, 4.69) is 96.3 Å². The Morgan fingerprint density at radius 2 is 1.58 bits per heavy atom. The smallest absolute Gasteiger partial charge is 0.223 e. The number of hydrogen-bond donors (Lipinski definition) is 3. The molecule has 0 radical (unpaired) electrons. The van der Waals surface area contributed by atoms with Crippen LogP contribution in [0.1, 0.15) is 198 Å². The van der Waals surface area contributed by atoms with E-state index in [9.17, 15) is 4.79 Å². The molecule has 0 aliphatic heterocycles. The third kappa shape index (κ3) is 12.7. The van der Waals surface area contributed by atoms with E-state index < -0.39 is 0 Å². The molecule has 0 aromatic heterocycles. The van der Waals surface area contributed by atoms with Crippen molar-refractivity contribution in [2.75, 3.05) is 31.9 Å². The monoisotopic (exact) mass is 831 g/mol. The van der Waals surface area contributed by atoms with E-state index in [0.29, 0.717) is 28.4 Å². The van der Waals surface area contributed by atoms with E-state index in [1.807, 2.05) is 10.8 Å². The van der Waals surface area contributed by atoms with E-state index in [-0.39, 0.29) is 11.1 Å². The van der Waals surface area contributed by atoms with Crippen molar-refractivity contribution in [3.05, 3.63) is 11.6 Å². The number of rotatable bonds is 26. The predicted octanol–water partition coefficient (Wildman–Crippen LogP) is 12.8. The van der Waals surface area contributed by atoms with Crippen LogP contribution in [-0.2, 0) is 4.79 Å². The second kappa shape index (κ2) is 22.8. The summed E-state index contributed by atoms with van der Waals surface area (Å²) in [7, 11) is 4.05. The van der Waals surface area contributed by atoms with Crippen molar-refractivity contribution in [3.63, 3.8) is 0 Å². The fourth-order valence-electron chi connectivity index (χ4n) is 12.7. The summed E-state index contributed by atoms with van der Waals surface area (Å²) in [6, 6.07) is 0. The summed E-state index contributed by atoms with van der Waals surface area (Å²) in [6.45, 7) is 27.6. The molecular weight excluding hydrogens is 737 g/mol. The van der Waals surface area contributed by atoms with Crippen LogP contribution in [0.2, 0.25) is 0 Å². The summed E-state index contributed by atoms with van der Waals surface area (Å²) < 4.78 is 0. The highest BCUT2D eigenvalue weighted by molar-refractivity contribution is 8.76. The van der Waals surface area contributed by atoms with Crippen LogP contribution in [0.25, 0.3) is 0 Å². The van der Waals surface area contributed by atoms with Gasteiger partial charge in [0.2, 0.25) is 5.91 Å². The number of carbonyl (C=O) groups is 1. The number of allylic oxidation sites excluding steroid dienone is 2. The maximum Gasteiger partial charge on any atom is 0.223 e. The molecule has 3 saturated carbocycles. The van der Waals surface area contributed by atoms with Crippen LogP contribution in [-0.4, -0.2) is 59.1 Å². The zero-order valence-corrected chi connectivity index (χ0v) is 40.8. The lowest BCUT2D eigenvalue weighted by atomic mass is 9.47. The Morgan fingerprint density at radius 1 is 0.877 bits per heavy atom. The van der Waals surface area contributed by atoms with Crippen LogP contribution in [0.5, 0.6) is 0 Å². The van der Waals surface area contributed by atoms with Gasteiger partial charge >= 0.3 is 0 Å². The fraction of sp³-hybridized carbons (Fsp3) is 0.940. The molecule has 9 atom stereocenters. The number of nitrogens with one attached hydrogen (secondary N) is 1. The fourth-order valence-corrected chi connectivity index (χ4v) is 15.4. The molecule has 0 heterocycles. The van der Waals surface area contributed by atoms with Crippen molar-refractivity contribution in [2.45, 2.75) is 214 Å². The summed E-state index contributed by atoms with van der Waals surface area (Å²) in [5, 5.41) is 4.29. The Balaban J connectivity index is 1.24. The maximum absolute atomic E-state index is 13.7. The molecule has 5 nitrogen and oxygen atoms in total. The Morgan fingerprint density at radius 3 is 2.25 bits per heavy atom. The van der Waals surface area contributed by atoms with Crippen LogP contribution < -0.4 is 16.8 Å². The van der Waals surface area contributed by atoms with Gasteiger partial charge in [0.25, 0.3) is 0 Å². The average molecular weight is 831 g/mol. The Kier molecular flexibility index (Phi) is 19.7. The van der Waals surface area contributed by atoms with Crippen molar-refractivity contribution in [1.29, 1.82) is 0 Å². The van der Waals surface area contributed by atoms with Gasteiger partial charge in [0, 0.05) is 41.6 Å². The van der Waals surface area contributed by atoms with Gasteiger partial charge in [-0.1, -0.05) is 115 Å². The number of nitrogens with two attached hydrogens (primary N) is 2. The van der Waals surface area contributed by atoms with Crippen LogP contribution in [0, 0.1) is 52.3 Å². The minimum absolute atomic E-state index is 0.0456. The van der Waals surface area contributed by atoms with E-state index in [1.165, 1.54) is 70.6 Å². The first-order chi connectivity index (χ1) is 27.1. The molecule has 4 aliphatic carbocycles. The SMILES string of the molecule is CCC(CCC(C)C1CCC2C3CC=C4CC(SSCCC(=O)N(CCCCNCCC(N)(CC)CC)CCC(N)(CC)CC)CCC4(C)C3CCC12C)C(C)C. The summed E-state index contributed by atoms with van der Waals surface area (Å²) in [4.78, 5) is 15.8. The summed E-state index contributed by atoms with van der Waals surface area (Å²) in [5.41, 5.74) is 15.7. The second-order valence-electron chi connectivity index (χ2n) is 21.0. The molecule has 4 rings (SSSR count). The van der Waals surface area contributed by atoms with Gasteiger partial charge in [-0.05, 0) is 174 Å². The predicted molar refractivity (Wildman–Crippen MR) is 254 cm³/mol. The van der Waals surface area contributed by atoms with Crippen molar-refractivity contribution >= 4 is 27.5 Å². The molecule has 7 heteroatoms. The zero-order chi connectivity index (χ0) is 41.9. The first-order valence-electron chi connectivity index (χ1n) is 24.7. The molecule has 9 unspecified atom stereocenters. The zero-order valence-electron chi connectivity index (χ0n) is 39.2. The van der Waals surface area contributed by atoms with Crippen LogP contribution in [0.4, 0.5) is 0 Å². The van der Waals surface area contributed by atoms with Gasteiger partial charge in [-0.25, -0.2) is 0 Å². The lowest BCUT2D eigenvalue weighted by Crippen LogP contribution is -2.50. The molecule has 1 amide bonds. The normalized spacial score (nSPS) is 30.1. The Bertz CT molecular complexity index is 1230. The Hall–Kier alpha value is -0.210.